The molecule has 0 N–H and O–H groups in total. The molecule has 0 aromatic heterocycles. The van der Waals surface area contributed by atoms with Crippen molar-refractivity contribution in [2.45, 2.75) is 31.4 Å². The van der Waals surface area contributed by atoms with E-state index in [9.17, 15) is 4.39 Å². The first-order valence-electron chi connectivity index (χ1n) is 3.55. The van der Waals surface area contributed by atoms with Crippen molar-refractivity contribution < 1.29 is 46.8 Å². The van der Waals surface area contributed by atoms with E-state index < -0.39 is 3.68 Å². The first kappa shape index (κ1) is 12.1. The van der Waals surface area contributed by atoms with Crippen LogP contribution in [0.1, 0.15) is 27.7 Å². The summed E-state index contributed by atoms with van der Waals surface area (Å²) in [7, 11) is 0. The van der Waals surface area contributed by atoms with E-state index in [4.69, 9.17) is 0 Å². The molecule has 0 nitrogen and oxygen atoms in total. The second-order valence-corrected chi connectivity index (χ2v) is 10.4. The van der Waals surface area contributed by atoms with E-state index in [2.05, 4.69) is 17.9 Å². The molecule has 0 unspecified atom stereocenters. The van der Waals surface area contributed by atoms with Crippen molar-refractivity contribution in [1.29, 1.82) is 0 Å². The van der Waals surface area contributed by atoms with Crippen LogP contribution in [0.3, 0.4) is 0 Å². The molecule has 0 aliphatic heterocycles. The van der Waals surface area contributed by atoms with Crippen LogP contribution in [0.15, 0.2) is 7.66 Å². The third-order valence-electron chi connectivity index (χ3n) is 0.756. The van der Waals surface area contributed by atoms with Crippen molar-refractivity contribution in [2.24, 2.45) is 0 Å². The van der Waals surface area contributed by atoms with Crippen LogP contribution in [-0.4, -0.2) is 8.10 Å². The topological polar surface area (TPSA) is 0 Å². The maximum absolute atomic E-state index is 13.1. The molecule has 0 aliphatic rings. The van der Waals surface area contributed by atoms with Gasteiger partial charge in [0, 0.05) is 0 Å². The van der Waals surface area contributed by atoms with Gasteiger partial charge in [0.2, 0.25) is 0 Å². The summed E-state index contributed by atoms with van der Waals surface area (Å²) < 4.78 is 17.0. The van der Waals surface area contributed by atoms with Crippen molar-refractivity contribution in [1.82, 2.24) is 0 Å². The summed E-state index contributed by atoms with van der Waals surface area (Å²) in [6.45, 7) is 7.63. The van der Waals surface area contributed by atoms with Crippen LogP contribution < -0.4 is 42.4 Å². The minimum absolute atomic E-state index is 0.232. The molecule has 0 amide bonds. The van der Waals surface area contributed by atoms with Crippen molar-refractivity contribution >= 4 is 0 Å². The average Bonchev–Trinajstić information content (AvgIpc) is 1.79. The Morgan fingerprint density at radius 1 is 1.55 bits per heavy atom. The van der Waals surface area contributed by atoms with Gasteiger partial charge in [0.25, 0.3) is 0 Å². The number of alkyl halides is 3. The van der Waals surface area contributed by atoms with Gasteiger partial charge in [-0.05, 0) is 0 Å². The Kier molecular flexibility index (Phi) is 6.31. The van der Waals surface area contributed by atoms with Gasteiger partial charge in [-0.25, -0.2) is 0 Å². The zero-order valence-electron chi connectivity index (χ0n) is 7.42. The number of halogens is 3. The number of hydrogen-bond acceptors (Lipinski definition) is 0. The fourth-order valence-corrected chi connectivity index (χ4v) is 5.65. The molecular weight excluding hydrogens is 369 g/mol. The molecule has 0 atom stereocenters. The Labute approximate surface area is 89.5 Å². The maximum atomic E-state index is 13.1. The van der Waals surface area contributed by atoms with Gasteiger partial charge in [-0.3, -0.25) is 0 Å². The quantitative estimate of drug-likeness (QED) is 0.353. The Morgan fingerprint density at radius 3 is 2.45 bits per heavy atom. The first-order valence-corrected chi connectivity index (χ1v) is 8.48. The van der Waals surface area contributed by atoms with Gasteiger partial charge in [-0.15, -0.1) is 0 Å². The van der Waals surface area contributed by atoms with E-state index in [-0.39, 0.29) is 42.4 Å². The van der Waals surface area contributed by atoms with E-state index >= 15 is 0 Å². The van der Waals surface area contributed by atoms with Crippen LogP contribution in [0, 0.1) is 0 Å². The van der Waals surface area contributed by atoms with E-state index in [1.165, 1.54) is 8.01 Å². The third kappa shape index (κ3) is 9.04. The molecule has 0 heterocycles. The standard InChI is InChI=1S/C8H15FI2/c1-5-10-6-7(2)11-8(3,4)9/h6H,5H2,1-4H3/q-2/b7-6-. The number of hydrogen-bond donors (Lipinski definition) is 0. The van der Waals surface area contributed by atoms with E-state index in [0.717, 1.165) is 0 Å². The SMILES string of the molecule is CC[I-]/C=C(/C)[I-]C(C)(C)F. The summed E-state index contributed by atoms with van der Waals surface area (Å²) in [6.07, 6.45) is 0. The molecule has 3 heteroatoms. The Balaban J connectivity index is 3.76. The van der Waals surface area contributed by atoms with Crippen LogP contribution in [-0.2, 0) is 0 Å². The molecule has 0 bridgehead atoms. The molecule has 0 spiro atoms. The molecule has 0 aromatic rings. The van der Waals surface area contributed by atoms with Crippen LogP contribution in [0.25, 0.3) is 0 Å². The third-order valence-corrected chi connectivity index (χ3v) is 6.65. The normalized spacial score (nSPS) is 14.5. The van der Waals surface area contributed by atoms with Gasteiger partial charge in [-0.1, -0.05) is 0 Å². The molecule has 0 aliphatic carbocycles. The van der Waals surface area contributed by atoms with E-state index in [1.807, 2.05) is 0 Å². The fourth-order valence-electron chi connectivity index (χ4n) is 0.559. The number of allylic oxidation sites excluding steroid dienone is 1. The molecule has 11 heavy (non-hydrogen) atoms. The fraction of sp³-hybridized carbons (Fsp3) is 0.750. The average molecular weight is 384 g/mol. The molecule has 0 radical (unpaired) electrons. The van der Waals surface area contributed by atoms with Crippen molar-refractivity contribution in [3.8, 4) is 0 Å². The Hall–Kier alpha value is 1.13. The number of rotatable bonds is 4. The second kappa shape index (κ2) is 5.72. The van der Waals surface area contributed by atoms with Gasteiger partial charge >= 0.3 is 90.3 Å². The monoisotopic (exact) mass is 384 g/mol. The summed E-state index contributed by atoms with van der Waals surface area (Å²) in [6, 6.07) is 0. The molecule has 0 aromatic carbocycles. The Morgan fingerprint density at radius 2 is 2.09 bits per heavy atom. The van der Waals surface area contributed by atoms with Gasteiger partial charge in [-0.2, -0.15) is 0 Å². The minimum atomic E-state index is -0.920. The van der Waals surface area contributed by atoms with Crippen LogP contribution in [0.2, 0.25) is 0 Å². The summed E-state index contributed by atoms with van der Waals surface area (Å²) in [5.74, 6) is 0. The van der Waals surface area contributed by atoms with Crippen LogP contribution in [0.5, 0.6) is 0 Å². The van der Waals surface area contributed by atoms with Gasteiger partial charge in [0.1, 0.15) is 0 Å². The molecular formula is C8H15FI2-2. The summed E-state index contributed by atoms with van der Waals surface area (Å²) in [5.41, 5.74) is 0. The van der Waals surface area contributed by atoms with Crippen molar-refractivity contribution in [2.75, 3.05) is 4.43 Å². The van der Waals surface area contributed by atoms with E-state index in [0.29, 0.717) is 0 Å². The predicted octanol–water partition coefficient (Wildman–Crippen LogP) is -3.25. The van der Waals surface area contributed by atoms with Gasteiger partial charge in [0.05, 0.1) is 0 Å². The van der Waals surface area contributed by atoms with Crippen LogP contribution in [0.4, 0.5) is 4.39 Å². The zero-order chi connectivity index (χ0) is 8.91. The van der Waals surface area contributed by atoms with Crippen molar-refractivity contribution in [3.63, 3.8) is 0 Å². The molecule has 0 rings (SSSR count). The second-order valence-electron chi connectivity index (χ2n) is 2.54. The van der Waals surface area contributed by atoms with Gasteiger partial charge in [0.15, 0.2) is 0 Å². The van der Waals surface area contributed by atoms with Crippen molar-refractivity contribution in [3.05, 3.63) is 7.66 Å². The molecule has 0 saturated carbocycles. The first-order chi connectivity index (χ1) is 4.95. The summed E-state index contributed by atoms with van der Waals surface area (Å²) in [4.78, 5) is 0. The predicted molar refractivity (Wildman–Crippen MR) is 39.5 cm³/mol. The summed E-state index contributed by atoms with van der Waals surface area (Å²) in [5, 5.41) is 0. The molecule has 70 valence electrons. The Bertz CT molecular complexity index is 136. The van der Waals surface area contributed by atoms with Crippen LogP contribution >= 0.6 is 0 Å². The zero-order valence-corrected chi connectivity index (χ0v) is 11.7. The van der Waals surface area contributed by atoms with E-state index in [1.54, 1.807) is 13.8 Å². The molecule has 0 saturated heterocycles. The van der Waals surface area contributed by atoms with Gasteiger partial charge < -0.3 is 0 Å². The molecule has 0 fully saturated rings. The summed E-state index contributed by atoms with van der Waals surface area (Å²) >= 11 is -0.140.